The highest BCUT2D eigenvalue weighted by molar-refractivity contribution is 5.57. The van der Waals surface area contributed by atoms with Gasteiger partial charge in [0.05, 0.1) is 6.04 Å². The Morgan fingerprint density at radius 3 is 2.94 bits per heavy atom. The standard InChI is InChI=1S/C13H16FNO/c14-13-7-2-1-5-11(13)9-15-8-4-3-6-12(15)10-16/h1-2,5,7,10,12H,3-4,6,8-9H2. The minimum atomic E-state index is -0.183. The van der Waals surface area contributed by atoms with Crippen molar-refractivity contribution in [1.29, 1.82) is 0 Å². The molecule has 1 heterocycles. The van der Waals surface area contributed by atoms with Crippen LogP contribution in [0.5, 0.6) is 0 Å². The van der Waals surface area contributed by atoms with Gasteiger partial charge in [-0.1, -0.05) is 24.6 Å². The van der Waals surface area contributed by atoms with Gasteiger partial charge in [0.15, 0.2) is 0 Å². The second-order valence-electron chi connectivity index (χ2n) is 4.26. The van der Waals surface area contributed by atoms with E-state index in [-0.39, 0.29) is 11.9 Å². The molecule has 16 heavy (non-hydrogen) atoms. The number of hydrogen-bond donors (Lipinski definition) is 0. The van der Waals surface area contributed by atoms with E-state index in [2.05, 4.69) is 4.90 Å². The minimum absolute atomic E-state index is 0.0339. The minimum Gasteiger partial charge on any atom is -0.302 e. The molecule has 1 aliphatic heterocycles. The molecule has 0 aliphatic carbocycles. The second kappa shape index (κ2) is 5.21. The molecule has 1 aromatic carbocycles. The number of carbonyl (C=O) groups is 1. The maximum Gasteiger partial charge on any atom is 0.137 e. The first kappa shape index (κ1) is 11.3. The average molecular weight is 221 g/mol. The number of aldehydes is 1. The summed E-state index contributed by atoms with van der Waals surface area (Å²) in [6.07, 6.45) is 4.08. The Morgan fingerprint density at radius 2 is 2.19 bits per heavy atom. The van der Waals surface area contributed by atoms with E-state index in [4.69, 9.17) is 0 Å². The highest BCUT2D eigenvalue weighted by Gasteiger charge is 2.22. The zero-order valence-corrected chi connectivity index (χ0v) is 9.23. The zero-order valence-electron chi connectivity index (χ0n) is 9.23. The molecule has 2 nitrogen and oxygen atoms in total. The molecule has 1 atom stereocenters. The molecule has 3 heteroatoms. The van der Waals surface area contributed by atoms with Crippen LogP contribution in [-0.2, 0) is 11.3 Å². The van der Waals surface area contributed by atoms with Gasteiger partial charge >= 0.3 is 0 Å². The SMILES string of the molecule is O=CC1CCCCN1Cc1ccccc1F. The molecule has 0 saturated carbocycles. The maximum atomic E-state index is 13.5. The molecule has 0 bridgehead atoms. The fourth-order valence-corrected chi connectivity index (χ4v) is 2.21. The Kier molecular flexibility index (Phi) is 3.67. The van der Waals surface area contributed by atoms with Crippen LogP contribution in [0, 0.1) is 5.82 Å². The van der Waals surface area contributed by atoms with Gasteiger partial charge in [0.2, 0.25) is 0 Å². The molecule has 2 rings (SSSR count). The van der Waals surface area contributed by atoms with Crippen molar-refractivity contribution in [1.82, 2.24) is 4.90 Å². The Bertz CT molecular complexity index is 367. The summed E-state index contributed by atoms with van der Waals surface area (Å²) >= 11 is 0. The van der Waals surface area contributed by atoms with Crippen molar-refractivity contribution in [3.05, 3.63) is 35.6 Å². The normalized spacial score (nSPS) is 21.9. The van der Waals surface area contributed by atoms with Crippen LogP contribution in [0.2, 0.25) is 0 Å². The molecule has 1 fully saturated rings. The summed E-state index contributed by atoms with van der Waals surface area (Å²) in [5.41, 5.74) is 0.677. The molecule has 0 N–H and O–H groups in total. The van der Waals surface area contributed by atoms with Crippen molar-refractivity contribution in [2.75, 3.05) is 6.54 Å². The van der Waals surface area contributed by atoms with E-state index in [1.807, 2.05) is 6.07 Å². The number of rotatable bonds is 3. The van der Waals surface area contributed by atoms with Crippen LogP contribution in [0.3, 0.4) is 0 Å². The summed E-state index contributed by atoms with van der Waals surface area (Å²) in [6, 6.07) is 6.74. The fourth-order valence-electron chi connectivity index (χ4n) is 2.21. The monoisotopic (exact) mass is 221 g/mol. The van der Waals surface area contributed by atoms with Crippen molar-refractivity contribution in [2.45, 2.75) is 31.8 Å². The van der Waals surface area contributed by atoms with Gasteiger partial charge < -0.3 is 4.79 Å². The number of benzene rings is 1. The van der Waals surface area contributed by atoms with Crippen molar-refractivity contribution >= 4 is 6.29 Å². The predicted octanol–water partition coefficient (Wildman–Crippen LogP) is 2.38. The molecule has 0 radical (unpaired) electrons. The number of halogens is 1. The first-order valence-corrected chi connectivity index (χ1v) is 5.74. The van der Waals surface area contributed by atoms with E-state index in [9.17, 15) is 9.18 Å². The molecule has 86 valence electrons. The molecule has 0 spiro atoms. The molecule has 0 aromatic heterocycles. The summed E-state index contributed by atoms with van der Waals surface area (Å²) in [5.74, 6) is -0.183. The molecule has 1 aliphatic rings. The van der Waals surface area contributed by atoms with Gasteiger partial charge in [0.25, 0.3) is 0 Å². The Hall–Kier alpha value is -1.22. The lowest BCUT2D eigenvalue weighted by molar-refractivity contribution is -0.113. The quantitative estimate of drug-likeness (QED) is 0.730. The summed E-state index contributed by atoms with van der Waals surface area (Å²) in [6.45, 7) is 1.42. The lowest BCUT2D eigenvalue weighted by Gasteiger charge is -2.32. The summed E-state index contributed by atoms with van der Waals surface area (Å²) in [7, 11) is 0. The molecule has 1 aromatic rings. The first-order chi connectivity index (χ1) is 7.81. The van der Waals surface area contributed by atoms with Crippen LogP contribution in [-0.4, -0.2) is 23.8 Å². The average Bonchev–Trinajstić information content (AvgIpc) is 2.33. The van der Waals surface area contributed by atoms with Crippen LogP contribution >= 0.6 is 0 Å². The number of piperidine rings is 1. The van der Waals surface area contributed by atoms with E-state index in [1.165, 1.54) is 6.07 Å². The highest BCUT2D eigenvalue weighted by atomic mass is 19.1. The van der Waals surface area contributed by atoms with Gasteiger partial charge in [-0.2, -0.15) is 0 Å². The second-order valence-corrected chi connectivity index (χ2v) is 4.26. The topological polar surface area (TPSA) is 20.3 Å². The molecule has 1 saturated heterocycles. The van der Waals surface area contributed by atoms with Crippen LogP contribution in [0.15, 0.2) is 24.3 Å². The third-order valence-corrected chi connectivity index (χ3v) is 3.15. The van der Waals surface area contributed by atoms with Crippen LogP contribution in [0.4, 0.5) is 4.39 Å². The molecular formula is C13H16FNO. The first-order valence-electron chi connectivity index (χ1n) is 5.74. The van der Waals surface area contributed by atoms with Crippen LogP contribution < -0.4 is 0 Å². The van der Waals surface area contributed by atoms with E-state index in [0.29, 0.717) is 12.1 Å². The lowest BCUT2D eigenvalue weighted by Crippen LogP contribution is -2.40. The van der Waals surface area contributed by atoms with Gasteiger partial charge in [0, 0.05) is 12.1 Å². The van der Waals surface area contributed by atoms with E-state index in [1.54, 1.807) is 12.1 Å². The summed E-state index contributed by atoms with van der Waals surface area (Å²) < 4.78 is 13.5. The van der Waals surface area contributed by atoms with Crippen molar-refractivity contribution in [2.24, 2.45) is 0 Å². The van der Waals surface area contributed by atoms with E-state index in [0.717, 1.165) is 32.1 Å². The van der Waals surface area contributed by atoms with Gasteiger partial charge in [-0.15, -0.1) is 0 Å². The van der Waals surface area contributed by atoms with Gasteiger partial charge in [-0.25, -0.2) is 4.39 Å². The summed E-state index contributed by atoms with van der Waals surface area (Å²) in [5, 5.41) is 0. The number of nitrogens with zero attached hydrogens (tertiary/aromatic N) is 1. The predicted molar refractivity (Wildman–Crippen MR) is 60.5 cm³/mol. The molecule has 1 unspecified atom stereocenters. The van der Waals surface area contributed by atoms with Crippen LogP contribution in [0.25, 0.3) is 0 Å². The van der Waals surface area contributed by atoms with Crippen LogP contribution in [0.1, 0.15) is 24.8 Å². The third kappa shape index (κ3) is 2.47. The van der Waals surface area contributed by atoms with Crippen molar-refractivity contribution in [3.63, 3.8) is 0 Å². The number of likely N-dealkylation sites (tertiary alicyclic amines) is 1. The Labute approximate surface area is 95.1 Å². The van der Waals surface area contributed by atoms with Crippen molar-refractivity contribution < 1.29 is 9.18 Å². The van der Waals surface area contributed by atoms with Gasteiger partial charge in [0.1, 0.15) is 12.1 Å². The van der Waals surface area contributed by atoms with Crippen molar-refractivity contribution in [3.8, 4) is 0 Å². The fraction of sp³-hybridized carbons (Fsp3) is 0.462. The van der Waals surface area contributed by atoms with E-state index < -0.39 is 0 Å². The molecule has 0 amide bonds. The largest absolute Gasteiger partial charge is 0.302 e. The summed E-state index contributed by atoms with van der Waals surface area (Å²) in [4.78, 5) is 13.0. The van der Waals surface area contributed by atoms with Gasteiger partial charge in [-0.3, -0.25) is 4.90 Å². The smallest absolute Gasteiger partial charge is 0.137 e. The maximum absolute atomic E-state index is 13.5. The number of carbonyl (C=O) groups excluding carboxylic acids is 1. The number of hydrogen-bond acceptors (Lipinski definition) is 2. The van der Waals surface area contributed by atoms with Gasteiger partial charge in [-0.05, 0) is 25.5 Å². The Balaban J connectivity index is 2.08. The lowest BCUT2D eigenvalue weighted by atomic mass is 10.0. The van der Waals surface area contributed by atoms with E-state index >= 15 is 0 Å². The Morgan fingerprint density at radius 1 is 1.38 bits per heavy atom. The third-order valence-electron chi connectivity index (χ3n) is 3.15. The molecular weight excluding hydrogens is 205 g/mol. The highest BCUT2D eigenvalue weighted by Crippen LogP contribution is 2.19. The zero-order chi connectivity index (χ0) is 11.4.